The molecule has 40 heavy (non-hydrogen) atoms. The molecule has 4 amide bonds. The van der Waals surface area contributed by atoms with E-state index in [-0.39, 0.29) is 19.4 Å². The molecule has 0 saturated heterocycles. The summed E-state index contributed by atoms with van der Waals surface area (Å²) >= 11 is 6.38. The van der Waals surface area contributed by atoms with Crippen LogP contribution in [0.4, 0.5) is 10.5 Å². The van der Waals surface area contributed by atoms with Crippen molar-refractivity contribution in [1.82, 2.24) is 10.2 Å². The van der Waals surface area contributed by atoms with Crippen LogP contribution in [0.3, 0.4) is 0 Å². The van der Waals surface area contributed by atoms with Gasteiger partial charge in [0.25, 0.3) is 5.91 Å². The van der Waals surface area contributed by atoms with Crippen LogP contribution in [0.2, 0.25) is 5.02 Å². The number of hydrogen-bond donors (Lipinski definition) is 3. The zero-order chi connectivity index (χ0) is 30.0. The van der Waals surface area contributed by atoms with E-state index in [4.69, 9.17) is 22.1 Å². The summed E-state index contributed by atoms with van der Waals surface area (Å²) in [6.45, 7) is 12.6. The molecule has 2 aromatic rings. The molecule has 0 radical (unpaired) electrons. The van der Waals surface area contributed by atoms with Crippen molar-refractivity contribution in [3.8, 4) is 0 Å². The number of primary amides is 1. The number of para-hydroxylation sites is 1. The third-order valence-corrected chi connectivity index (χ3v) is 6.33. The van der Waals surface area contributed by atoms with Crippen LogP contribution in [0.25, 0.3) is 0 Å². The number of alkyl carbamates (subject to hydrolysis) is 1. The van der Waals surface area contributed by atoms with Crippen LogP contribution < -0.4 is 16.4 Å². The topological polar surface area (TPSA) is 131 Å². The number of nitrogens with zero attached hydrogens (tertiary/aromatic N) is 1. The molecule has 2 rings (SSSR count). The lowest BCUT2D eigenvalue weighted by molar-refractivity contribution is -0.140. The minimum Gasteiger partial charge on any atom is -0.444 e. The van der Waals surface area contributed by atoms with Crippen molar-refractivity contribution in [3.63, 3.8) is 0 Å². The van der Waals surface area contributed by atoms with Gasteiger partial charge in [-0.05, 0) is 63.3 Å². The number of nitrogens with two attached hydrogens (primary N) is 1. The maximum atomic E-state index is 14.0. The van der Waals surface area contributed by atoms with Gasteiger partial charge in [-0.25, -0.2) is 4.79 Å². The van der Waals surface area contributed by atoms with Crippen molar-refractivity contribution in [2.75, 3.05) is 11.9 Å². The van der Waals surface area contributed by atoms with Crippen LogP contribution in [-0.4, -0.2) is 46.9 Å². The summed E-state index contributed by atoms with van der Waals surface area (Å²) in [5.74, 6) is -1.76. The van der Waals surface area contributed by atoms with E-state index in [1.54, 1.807) is 45.0 Å². The Morgan fingerprint density at radius 3 is 2.30 bits per heavy atom. The maximum Gasteiger partial charge on any atom is 0.408 e. The smallest absolute Gasteiger partial charge is 0.408 e. The van der Waals surface area contributed by atoms with Crippen molar-refractivity contribution >= 4 is 41.1 Å². The Hall–Kier alpha value is -3.85. The molecule has 2 unspecified atom stereocenters. The molecule has 0 aliphatic rings. The van der Waals surface area contributed by atoms with Crippen LogP contribution in [-0.2, 0) is 25.5 Å². The number of ether oxygens (including phenoxy) is 1. The lowest BCUT2D eigenvalue weighted by Gasteiger charge is -2.34. The van der Waals surface area contributed by atoms with Gasteiger partial charge in [0.15, 0.2) is 0 Å². The van der Waals surface area contributed by atoms with Crippen LogP contribution in [0.5, 0.6) is 0 Å². The summed E-state index contributed by atoms with van der Waals surface area (Å²) in [5.41, 5.74) is 7.29. The first-order valence-electron chi connectivity index (χ1n) is 13.1. The second-order valence-electron chi connectivity index (χ2n) is 10.4. The molecule has 10 heteroatoms. The van der Waals surface area contributed by atoms with E-state index in [9.17, 15) is 19.2 Å². The van der Waals surface area contributed by atoms with Gasteiger partial charge in [0, 0.05) is 13.0 Å². The molecule has 0 fully saturated rings. The third-order valence-electron chi connectivity index (χ3n) is 6.01. The summed E-state index contributed by atoms with van der Waals surface area (Å²) in [5, 5.41) is 5.78. The Labute approximate surface area is 241 Å². The molecule has 216 valence electrons. The molecule has 0 aromatic heterocycles. The SMILES string of the molecule is C=CCN(C(=O)C(CCC(N)=O)NC(=O)OC(C)(C)C)C(C(=O)Nc1c(C)cccc1Cl)c1ccc(CC)cc1. The summed E-state index contributed by atoms with van der Waals surface area (Å²) in [6, 6.07) is 10.3. The Kier molecular flexibility index (Phi) is 11.7. The quantitative estimate of drug-likeness (QED) is 0.307. The summed E-state index contributed by atoms with van der Waals surface area (Å²) < 4.78 is 5.34. The highest BCUT2D eigenvalue weighted by atomic mass is 35.5. The highest BCUT2D eigenvalue weighted by molar-refractivity contribution is 6.34. The zero-order valence-corrected chi connectivity index (χ0v) is 24.5. The first-order valence-corrected chi connectivity index (χ1v) is 13.5. The van der Waals surface area contributed by atoms with E-state index in [2.05, 4.69) is 17.2 Å². The minimum atomic E-state index is -1.20. The van der Waals surface area contributed by atoms with E-state index in [0.717, 1.165) is 17.5 Å². The molecule has 0 bridgehead atoms. The van der Waals surface area contributed by atoms with E-state index >= 15 is 0 Å². The Balaban J connectivity index is 2.56. The monoisotopic (exact) mass is 570 g/mol. The van der Waals surface area contributed by atoms with Gasteiger partial charge in [-0.1, -0.05) is 61.0 Å². The molecule has 2 atom stereocenters. The van der Waals surface area contributed by atoms with Crippen LogP contribution in [0, 0.1) is 6.92 Å². The summed E-state index contributed by atoms with van der Waals surface area (Å²) in [7, 11) is 0. The molecule has 0 heterocycles. The van der Waals surface area contributed by atoms with Gasteiger partial charge in [-0.2, -0.15) is 0 Å². The minimum absolute atomic E-state index is 0.0307. The molecule has 0 saturated carbocycles. The van der Waals surface area contributed by atoms with E-state index < -0.39 is 41.5 Å². The average Bonchev–Trinajstić information content (AvgIpc) is 2.87. The van der Waals surface area contributed by atoms with Gasteiger partial charge in [0.1, 0.15) is 17.7 Å². The van der Waals surface area contributed by atoms with Crippen LogP contribution in [0.15, 0.2) is 55.1 Å². The van der Waals surface area contributed by atoms with Crippen molar-refractivity contribution in [2.24, 2.45) is 5.73 Å². The normalized spacial score (nSPS) is 12.6. The lowest BCUT2D eigenvalue weighted by atomic mass is 9.99. The number of carbonyl (C=O) groups excluding carboxylic acids is 4. The Bertz CT molecular complexity index is 1200. The Morgan fingerprint density at radius 1 is 1.12 bits per heavy atom. The predicted molar refractivity (Wildman–Crippen MR) is 157 cm³/mol. The second-order valence-corrected chi connectivity index (χ2v) is 10.8. The standard InChI is InChI=1S/C30H39ClN4O5/c1-7-18-35(28(38)23(16-17-24(32)36)33-29(39)40-30(4,5)6)26(21-14-12-20(8-2)13-15-21)27(37)34-25-19(3)10-9-11-22(25)31/h7,9-15,23,26H,1,8,16-18H2,2-6H3,(H2,32,36)(H,33,39)(H,34,37). The van der Waals surface area contributed by atoms with E-state index in [1.807, 2.05) is 32.0 Å². The molecular formula is C30H39ClN4O5. The van der Waals surface area contributed by atoms with Crippen molar-refractivity contribution < 1.29 is 23.9 Å². The average molecular weight is 571 g/mol. The first-order chi connectivity index (χ1) is 18.8. The van der Waals surface area contributed by atoms with Gasteiger partial charge in [0.2, 0.25) is 11.8 Å². The van der Waals surface area contributed by atoms with Crippen LogP contribution >= 0.6 is 11.6 Å². The number of rotatable bonds is 12. The molecule has 4 N–H and O–H groups in total. The molecule has 0 spiro atoms. The van der Waals surface area contributed by atoms with Crippen LogP contribution in [0.1, 0.15) is 63.3 Å². The molecule has 0 aliphatic heterocycles. The van der Waals surface area contributed by atoms with Crippen molar-refractivity contribution in [3.05, 3.63) is 76.8 Å². The highest BCUT2D eigenvalue weighted by Gasteiger charge is 2.36. The van der Waals surface area contributed by atoms with Gasteiger partial charge >= 0.3 is 6.09 Å². The molecule has 0 aliphatic carbocycles. The van der Waals surface area contributed by atoms with Gasteiger partial charge in [-0.3, -0.25) is 14.4 Å². The number of nitrogens with one attached hydrogen (secondary N) is 2. The zero-order valence-electron chi connectivity index (χ0n) is 23.8. The number of anilines is 1. The summed E-state index contributed by atoms with van der Waals surface area (Å²) in [4.78, 5) is 53.4. The molecule has 9 nitrogen and oxygen atoms in total. The van der Waals surface area contributed by atoms with E-state index in [1.165, 1.54) is 11.0 Å². The second kappa shape index (κ2) is 14.5. The number of hydrogen-bond acceptors (Lipinski definition) is 5. The first kappa shape index (κ1) is 32.4. The fraction of sp³-hybridized carbons (Fsp3) is 0.400. The van der Waals surface area contributed by atoms with E-state index in [0.29, 0.717) is 16.3 Å². The van der Waals surface area contributed by atoms with Crippen molar-refractivity contribution in [1.29, 1.82) is 0 Å². The van der Waals surface area contributed by atoms with Gasteiger partial charge < -0.3 is 26.0 Å². The highest BCUT2D eigenvalue weighted by Crippen LogP contribution is 2.30. The maximum absolute atomic E-state index is 14.0. The number of aryl methyl sites for hydroxylation is 2. The number of halogens is 1. The fourth-order valence-corrected chi connectivity index (χ4v) is 4.31. The fourth-order valence-electron chi connectivity index (χ4n) is 4.05. The molecular weight excluding hydrogens is 532 g/mol. The number of carbonyl (C=O) groups is 4. The largest absolute Gasteiger partial charge is 0.444 e. The molecule has 2 aromatic carbocycles. The van der Waals surface area contributed by atoms with Crippen molar-refractivity contribution in [2.45, 2.75) is 71.6 Å². The number of amides is 4. The van der Waals surface area contributed by atoms with Gasteiger partial charge in [-0.15, -0.1) is 6.58 Å². The Morgan fingerprint density at radius 2 is 1.77 bits per heavy atom. The summed E-state index contributed by atoms with van der Waals surface area (Å²) in [6.07, 6.45) is 1.18. The number of benzene rings is 2. The predicted octanol–water partition coefficient (Wildman–Crippen LogP) is 5.06. The van der Waals surface area contributed by atoms with Gasteiger partial charge in [0.05, 0.1) is 10.7 Å². The lowest BCUT2D eigenvalue weighted by Crippen LogP contribution is -2.52. The third kappa shape index (κ3) is 9.41.